The lowest BCUT2D eigenvalue weighted by atomic mass is 10.1. The Morgan fingerprint density at radius 3 is 2.33 bits per heavy atom. The SMILES string of the molecule is Oc1[nH]c(=S)[nH]c1C(O)c1ccccc1. The fourth-order valence-electron chi connectivity index (χ4n) is 1.39. The first kappa shape index (κ1) is 9.95. The minimum absolute atomic E-state index is 0.128. The van der Waals surface area contributed by atoms with E-state index < -0.39 is 6.10 Å². The van der Waals surface area contributed by atoms with Crippen LogP contribution in [0.25, 0.3) is 0 Å². The van der Waals surface area contributed by atoms with Crippen LogP contribution >= 0.6 is 12.2 Å². The third kappa shape index (κ3) is 1.93. The number of aromatic amines is 2. The zero-order chi connectivity index (χ0) is 10.8. The smallest absolute Gasteiger partial charge is 0.213 e. The summed E-state index contributed by atoms with van der Waals surface area (Å²) in [4.78, 5) is 5.21. The van der Waals surface area contributed by atoms with E-state index in [0.29, 0.717) is 5.56 Å². The van der Waals surface area contributed by atoms with Crippen LogP contribution in [0.3, 0.4) is 0 Å². The fraction of sp³-hybridized carbons (Fsp3) is 0.100. The van der Waals surface area contributed by atoms with Gasteiger partial charge in [0.25, 0.3) is 0 Å². The van der Waals surface area contributed by atoms with Crippen molar-refractivity contribution in [1.82, 2.24) is 9.97 Å². The molecule has 0 aliphatic carbocycles. The quantitative estimate of drug-likeness (QED) is 0.586. The highest BCUT2D eigenvalue weighted by Gasteiger charge is 2.16. The molecule has 15 heavy (non-hydrogen) atoms. The lowest BCUT2D eigenvalue weighted by molar-refractivity contribution is 0.210. The second-order valence-electron chi connectivity index (χ2n) is 3.15. The van der Waals surface area contributed by atoms with Crippen LogP contribution in [0.15, 0.2) is 30.3 Å². The summed E-state index contributed by atoms with van der Waals surface area (Å²) in [5.41, 5.74) is 0.976. The molecule has 1 aromatic carbocycles. The molecule has 1 heterocycles. The minimum atomic E-state index is -0.904. The Labute approximate surface area is 91.2 Å². The van der Waals surface area contributed by atoms with Crippen LogP contribution < -0.4 is 0 Å². The average molecular weight is 222 g/mol. The number of aromatic nitrogens is 2. The Kier molecular flexibility index (Phi) is 2.57. The third-order valence-electron chi connectivity index (χ3n) is 2.12. The number of aromatic hydroxyl groups is 1. The molecule has 1 unspecified atom stereocenters. The molecule has 0 aliphatic rings. The summed E-state index contributed by atoms with van der Waals surface area (Å²) in [6.07, 6.45) is -0.904. The van der Waals surface area contributed by atoms with Crippen LogP contribution in [0.2, 0.25) is 0 Å². The number of H-pyrrole nitrogens is 2. The molecule has 2 rings (SSSR count). The highest BCUT2D eigenvalue weighted by molar-refractivity contribution is 7.71. The zero-order valence-electron chi connectivity index (χ0n) is 7.77. The van der Waals surface area contributed by atoms with Crippen LogP contribution in [0.4, 0.5) is 0 Å². The molecule has 1 aromatic heterocycles. The molecule has 2 aromatic rings. The number of rotatable bonds is 2. The van der Waals surface area contributed by atoms with Crippen LogP contribution in [0.1, 0.15) is 17.4 Å². The van der Waals surface area contributed by atoms with Gasteiger partial charge in [0.15, 0.2) is 4.77 Å². The van der Waals surface area contributed by atoms with Gasteiger partial charge >= 0.3 is 0 Å². The second-order valence-corrected chi connectivity index (χ2v) is 3.56. The zero-order valence-corrected chi connectivity index (χ0v) is 8.58. The van der Waals surface area contributed by atoms with Gasteiger partial charge in [0, 0.05) is 0 Å². The number of hydrogen-bond donors (Lipinski definition) is 4. The first-order valence-corrected chi connectivity index (χ1v) is 4.83. The first-order chi connectivity index (χ1) is 7.18. The predicted molar refractivity (Wildman–Crippen MR) is 58.1 cm³/mol. The lowest BCUT2D eigenvalue weighted by Crippen LogP contribution is -1.99. The molecule has 5 heteroatoms. The number of imidazole rings is 1. The van der Waals surface area contributed by atoms with E-state index in [9.17, 15) is 10.2 Å². The highest BCUT2D eigenvalue weighted by atomic mass is 32.1. The van der Waals surface area contributed by atoms with Gasteiger partial charge in [-0.05, 0) is 17.8 Å². The molecule has 0 amide bonds. The first-order valence-electron chi connectivity index (χ1n) is 4.42. The Hall–Kier alpha value is -1.59. The number of aliphatic hydroxyl groups excluding tert-OH is 1. The van der Waals surface area contributed by atoms with Gasteiger partial charge in [-0.15, -0.1) is 0 Å². The monoisotopic (exact) mass is 222 g/mol. The van der Waals surface area contributed by atoms with Gasteiger partial charge in [-0.25, -0.2) is 0 Å². The summed E-state index contributed by atoms with van der Waals surface area (Å²) in [6.45, 7) is 0. The van der Waals surface area contributed by atoms with E-state index in [1.54, 1.807) is 12.1 Å². The largest absolute Gasteiger partial charge is 0.493 e. The second kappa shape index (κ2) is 3.88. The van der Waals surface area contributed by atoms with Crippen LogP contribution in [0.5, 0.6) is 5.88 Å². The fourth-order valence-corrected chi connectivity index (χ4v) is 1.59. The van der Waals surface area contributed by atoms with Crippen molar-refractivity contribution in [3.05, 3.63) is 46.4 Å². The summed E-state index contributed by atoms with van der Waals surface area (Å²) in [7, 11) is 0. The van der Waals surface area contributed by atoms with Gasteiger partial charge < -0.3 is 20.2 Å². The van der Waals surface area contributed by atoms with E-state index in [1.807, 2.05) is 18.2 Å². The number of benzene rings is 1. The van der Waals surface area contributed by atoms with Crippen molar-refractivity contribution < 1.29 is 10.2 Å². The molecular weight excluding hydrogens is 212 g/mol. The maximum Gasteiger partial charge on any atom is 0.213 e. The van der Waals surface area contributed by atoms with Gasteiger partial charge in [-0.3, -0.25) is 0 Å². The maximum absolute atomic E-state index is 9.93. The molecule has 0 radical (unpaired) electrons. The minimum Gasteiger partial charge on any atom is -0.493 e. The Bertz CT molecular complexity index is 504. The molecule has 1 atom stereocenters. The predicted octanol–water partition coefficient (Wildman–Crippen LogP) is 1.86. The van der Waals surface area contributed by atoms with Crippen molar-refractivity contribution in [1.29, 1.82) is 0 Å². The number of nitrogens with one attached hydrogen (secondary N) is 2. The summed E-state index contributed by atoms with van der Waals surface area (Å²) >= 11 is 4.81. The third-order valence-corrected chi connectivity index (χ3v) is 2.33. The molecule has 0 bridgehead atoms. The normalized spacial score (nSPS) is 12.6. The van der Waals surface area contributed by atoms with Crippen molar-refractivity contribution in [2.24, 2.45) is 0 Å². The van der Waals surface area contributed by atoms with Gasteiger partial charge in [0.1, 0.15) is 11.8 Å². The molecule has 0 fully saturated rings. The standard InChI is InChI=1S/C10H10N2O2S/c13-8(6-4-2-1-3-5-6)7-9(14)12-10(15)11-7/h1-5,8,13-14H,(H2,11,12,15). The molecule has 0 spiro atoms. The molecule has 0 saturated carbocycles. The molecule has 78 valence electrons. The van der Waals surface area contributed by atoms with Gasteiger partial charge in [-0.1, -0.05) is 30.3 Å². The maximum atomic E-state index is 9.93. The van der Waals surface area contributed by atoms with E-state index in [1.165, 1.54) is 0 Å². The van der Waals surface area contributed by atoms with Crippen LogP contribution in [0, 0.1) is 4.77 Å². The Morgan fingerprint density at radius 1 is 1.13 bits per heavy atom. The molecule has 4 N–H and O–H groups in total. The van der Waals surface area contributed by atoms with E-state index >= 15 is 0 Å². The van der Waals surface area contributed by atoms with E-state index in [0.717, 1.165) is 0 Å². The molecule has 0 aliphatic heterocycles. The van der Waals surface area contributed by atoms with Crippen molar-refractivity contribution in [3.63, 3.8) is 0 Å². The van der Waals surface area contributed by atoms with Crippen molar-refractivity contribution >= 4 is 12.2 Å². The Morgan fingerprint density at radius 2 is 1.80 bits per heavy atom. The van der Waals surface area contributed by atoms with Crippen molar-refractivity contribution in [3.8, 4) is 5.88 Å². The van der Waals surface area contributed by atoms with Crippen LogP contribution in [-0.4, -0.2) is 20.2 Å². The van der Waals surface area contributed by atoms with Crippen LogP contribution in [-0.2, 0) is 0 Å². The number of aliphatic hydroxyl groups is 1. The number of hydrogen-bond acceptors (Lipinski definition) is 3. The van der Waals surface area contributed by atoms with Gasteiger partial charge in [0.2, 0.25) is 5.88 Å². The molecule has 4 nitrogen and oxygen atoms in total. The molecular formula is C10H10N2O2S. The van der Waals surface area contributed by atoms with Crippen molar-refractivity contribution in [2.75, 3.05) is 0 Å². The van der Waals surface area contributed by atoms with Gasteiger partial charge in [-0.2, -0.15) is 0 Å². The summed E-state index contributed by atoms with van der Waals surface area (Å²) in [5.74, 6) is -0.128. The highest BCUT2D eigenvalue weighted by Crippen LogP contribution is 2.25. The average Bonchev–Trinajstić information content (AvgIpc) is 2.58. The van der Waals surface area contributed by atoms with E-state index in [2.05, 4.69) is 9.97 Å². The topological polar surface area (TPSA) is 72.0 Å². The summed E-state index contributed by atoms with van der Waals surface area (Å²) < 4.78 is 0.289. The summed E-state index contributed by atoms with van der Waals surface area (Å²) in [6, 6.07) is 9.03. The molecule has 0 saturated heterocycles. The summed E-state index contributed by atoms with van der Waals surface area (Å²) in [5, 5.41) is 19.4. The lowest BCUT2D eigenvalue weighted by Gasteiger charge is -2.08. The Balaban J connectivity index is 2.41. The van der Waals surface area contributed by atoms with Gasteiger partial charge in [0.05, 0.1) is 0 Å². The van der Waals surface area contributed by atoms with E-state index in [4.69, 9.17) is 12.2 Å². The van der Waals surface area contributed by atoms with Crippen molar-refractivity contribution in [2.45, 2.75) is 6.10 Å². The van der Waals surface area contributed by atoms with E-state index in [-0.39, 0.29) is 16.3 Å².